The van der Waals surface area contributed by atoms with Crippen LogP contribution in [-0.4, -0.2) is 75.8 Å². The van der Waals surface area contributed by atoms with Crippen molar-refractivity contribution < 1.29 is 24.6 Å². The van der Waals surface area contributed by atoms with Gasteiger partial charge >= 0.3 is 5.97 Å². The number of nitrogens with zero attached hydrogens (tertiary/aromatic N) is 2. The SMILES string of the molecule is O=C(N[C@@H](CO)C(=O)O)C1Nc2ccccc2N(C2CC3CCC(C2)N3C2CCCCCCC2)C1=O. The van der Waals surface area contributed by atoms with Gasteiger partial charge in [0.05, 0.1) is 18.0 Å². The molecule has 9 nitrogen and oxygen atoms in total. The zero-order chi connectivity index (χ0) is 25.2. The molecule has 2 amide bonds. The number of benzene rings is 1. The molecule has 2 bridgehead atoms. The lowest BCUT2D eigenvalue weighted by Crippen LogP contribution is -2.62. The summed E-state index contributed by atoms with van der Waals surface area (Å²) in [7, 11) is 0. The molecule has 3 heterocycles. The van der Waals surface area contributed by atoms with Gasteiger partial charge in [0.15, 0.2) is 6.04 Å². The van der Waals surface area contributed by atoms with E-state index in [1.807, 2.05) is 24.3 Å². The fourth-order valence-corrected chi connectivity index (χ4v) is 7.00. The minimum Gasteiger partial charge on any atom is -0.480 e. The van der Waals surface area contributed by atoms with E-state index in [1.165, 1.54) is 44.9 Å². The maximum absolute atomic E-state index is 13.7. The highest BCUT2D eigenvalue weighted by Gasteiger charge is 2.49. The Morgan fingerprint density at radius 1 is 0.944 bits per heavy atom. The van der Waals surface area contributed by atoms with Gasteiger partial charge in [0.2, 0.25) is 0 Å². The summed E-state index contributed by atoms with van der Waals surface area (Å²) in [6.45, 7) is -0.745. The van der Waals surface area contributed by atoms with E-state index in [2.05, 4.69) is 15.5 Å². The van der Waals surface area contributed by atoms with Crippen molar-refractivity contribution in [2.75, 3.05) is 16.8 Å². The first kappa shape index (κ1) is 25.0. The summed E-state index contributed by atoms with van der Waals surface area (Å²) in [4.78, 5) is 42.6. The number of carbonyl (C=O) groups is 3. The van der Waals surface area contributed by atoms with E-state index in [-0.39, 0.29) is 11.9 Å². The molecule has 4 N–H and O–H groups in total. The smallest absolute Gasteiger partial charge is 0.328 e. The van der Waals surface area contributed by atoms with E-state index in [0.717, 1.165) is 31.4 Å². The van der Waals surface area contributed by atoms with Crippen LogP contribution in [0.15, 0.2) is 24.3 Å². The fraction of sp³-hybridized carbons (Fsp3) is 0.667. The number of rotatable bonds is 6. The van der Waals surface area contributed by atoms with Gasteiger partial charge in [-0.15, -0.1) is 0 Å². The number of carboxylic acid groups (broad SMARTS) is 1. The summed E-state index contributed by atoms with van der Waals surface area (Å²) in [6, 6.07) is 6.33. The van der Waals surface area contributed by atoms with Gasteiger partial charge in [-0.25, -0.2) is 4.79 Å². The number of hydrogen-bond donors (Lipinski definition) is 4. The summed E-state index contributed by atoms with van der Waals surface area (Å²) in [5.41, 5.74) is 1.45. The average molecular weight is 499 g/mol. The van der Waals surface area contributed by atoms with Crippen LogP contribution in [0.2, 0.25) is 0 Å². The number of piperidine rings is 1. The van der Waals surface area contributed by atoms with Crippen LogP contribution in [0.3, 0.4) is 0 Å². The largest absolute Gasteiger partial charge is 0.480 e. The van der Waals surface area contributed by atoms with Gasteiger partial charge in [0, 0.05) is 24.2 Å². The van der Waals surface area contributed by atoms with Crippen molar-refractivity contribution in [2.24, 2.45) is 0 Å². The van der Waals surface area contributed by atoms with Gasteiger partial charge in [-0.1, -0.05) is 44.2 Å². The zero-order valence-electron chi connectivity index (χ0n) is 20.8. The number of amides is 2. The second kappa shape index (κ2) is 10.8. The molecular weight excluding hydrogens is 460 g/mol. The maximum Gasteiger partial charge on any atom is 0.328 e. The van der Waals surface area contributed by atoms with Crippen molar-refractivity contribution in [3.8, 4) is 0 Å². The molecule has 9 heteroatoms. The maximum atomic E-state index is 13.7. The number of hydrogen-bond acceptors (Lipinski definition) is 6. The molecule has 1 aromatic rings. The predicted octanol–water partition coefficient (Wildman–Crippen LogP) is 2.48. The third-order valence-electron chi connectivity index (χ3n) is 8.63. The molecular formula is C27H38N4O5. The highest BCUT2D eigenvalue weighted by molar-refractivity contribution is 6.17. The van der Waals surface area contributed by atoms with Gasteiger partial charge in [0.25, 0.3) is 11.8 Å². The number of fused-ring (bicyclic) bond motifs is 3. The number of anilines is 2. The lowest BCUT2D eigenvalue weighted by Gasteiger charge is -2.48. The fourth-order valence-electron chi connectivity index (χ4n) is 7.00. The van der Waals surface area contributed by atoms with E-state index in [1.54, 1.807) is 4.90 Å². The quantitative estimate of drug-likeness (QED) is 0.445. The summed E-state index contributed by atoms with van der Waals surface area (Å²) in [5, 5.41) is 23.9. The third kappa shape index (κ3) is 4.83. The summed E-state index contributed by atoms with van der Waals surface area (Å²) in [6.07, 6.45) is 13.2. The predicted molar refractivity (Wildman–Crippen MR) is 136 cm³/mol. The molecule has 3 unspecified atom stereocenters. The van der Waals surface area contributed by atoms with Crippen LogP contribution < -0.4 is 15.5 Å². The van der Waals surface area contributed by atoms with Crippen molar-refractivity contribution >= 4 is 29.2 Å². The van der Waals surface area contributed by atoms with Crippen LogP contribution in [0, 0.1) is 0 Å². The molecule has 1 saturated carbocycles. The summed E-state index contributed by atoms with van der Waals surface area (Å²) < 4.78 is 0. The standard InChI is InChI=1S/C27H38N4O5/c32-16-22(27(35)36)29-25(33)24-26(34)31(23-11-7-6-10-21(23)28-24)20-14-18-12-13-19(15-20)30(18)17-8-4-2-1-3-5-9-17/h6-7,10-11,17-20,22,24,28,32H,1-5,8-9,12-16H2,(H,29,33)(H,35,36)/t18?,19?,20?,22-,24?/m0/s1. The first-order chi connectivity index (χ1) is 17.5. The lowest BCUT2D eigenvalue weighted by molar-refractivity contribution is -0.143. The molecule has 36 heavy (non-hydrogen) atoms. The number of carbonyl (C=O) groups excluding carboxylic acids is 2. The molecule has 3 fully saturated rings. The summed E-state index contributed by atoms with van der Waals surface area (Å²) in [5.74, 6) is -2.45. The highest BCUT2D eigenvalue weighted by Crippen LogP contribution is 2.44. The van der Waals surface area contributed by atoms with Crippen molar-refractivity contribution in [1.29, 1.82) is 0 Å². The van der Waals surface area contributed by atoms with E-state index >= 15 is 0 Å². The Labute approximate surface area is 212 Å². The molecule has 5 rings (SSSR count). The van der Waals surface area contributed by atoms with Crippen molar-refractivity contribution in [3.63, 3.8) is 0 Å². The summed E-state index contributed by atoms with van der Waals surface area (Å²) >= 11 is 0. The van der Waals surface area contributed by atoms with E-state index in [4.69, 9.17) is 0 Å². The molecule has 2 saturated heterocycles. The minimum absolute atomic E-state index is 0.00790. The van der Waals surface area contributed by atoms with E-state index in [9.17, 15) is 24.6 Å². The normalized spacial score (nSPS) is 30.0. The molecule has 0 spiro atoms. The van der Waals surface area contributed by atoms with E-state index in [0.29, 0.717) is 23.8 Å². The average Bonchev–Trinajstić information content (AvgIpc) is 3.10. The van der Waals surface area contributed by atoms with Crippen LogP contribution in [-0.2, 0) is 14.4 Å². The molecule has 4 aliphatic rings. The Hall–Kier alpha value is -2.65. The van der Waals surface area contributed by atoms with Gasteiger partial charge in [-0.2, -0.15) is 0 Å². The number of carboxylic acids is 1. The van der Waals surface area contributed by atoms with Crippen molar-refractivity contribution in [1.82, 2.24) is 10.2 Å². The number of aliphatic hydroxyl groups is 1. The van der Waals surface area contributed by atoms with Crippen molar-refractivity contribution in [3.05, 3.63) is 24.3 Å². The second-order valence-corrected chi connectivity index (χ2v) is 10.8. The Morgan fingerprint density at radius 3 is 2.22 bits per heavy atom. The van der Waals surface area contributed by atoms with Crippen LogP contribution >= 0.6 is 0 Å². The Morgan fingerprint density at radius 2 is 1.58 bits per heavy atom. The Balaban J connectivity index is 1.36. The molecule has 196 valence electrons. The first-order valence-electron chi connectivity index (χ1n) is 13.6. The second-order valence-electron chi connectivity index (χ2n) is 10.8. The van der Waals surface area contributed by atoms with Crippen LogP contribution in [0.1, 0.15) is 70.6 Å². The number of aliphatic hydroxyl groups excluding tert-OH is 1. The highest BCUT2D eigenvalue weighted by atomic mass is 16.4. The lowest BCUT2D eigenvalue weighted by atomic mass is 9.88. The molecule has 1 aliphatic carbocycles. The number of aliphatic carboxylic acids is 1. The molecule has 0 aromatic heterocycles. The van der Waals surface area contributed by atoms with Crippen LogP contribution in [0.5, 0.6) is 0 Å². The van der Waals surface area contributed by atoms with Gasteiger partial charge in [-0.3, -0.25) is 14.5 Å². The van der Waals surface area contributed by atoms with Crippen LogP contribution in [0.4, 0.5) is 11.4 Å². The Kier molecular flexibility index (Phi) is 7.48. The Bertz CT molecular complexity index is 965. The monoisotopic (exact) mass is 498 g/mol. The third-order valence-corrected chi connectivity index (χ3v) is 8.63. The number of nitrogens with one attached hydrogen (secondary N) is 2. The van der Waals surface area contributed by atoms with Crippen molar-refractivity contribution in [2.45, 2.75) is 107 Å². The number of para-hydroxylation sites is 2. The van der Waals surface area contributed by atoms with Gasteiger partial charge in [0.1, 0.15) is 6.04 Å². The molecule has 0 radical (unpaired) electrons. The molecule has 3 aliphatic heterocycles. The first-order valence-corrected chi connectivity index (χ1v) is 13.6. The van der Waals surface area contributed by atoms with Crippen LogP contribution in [0.25, 0.3) is 0 Å². The minimum atomic E-state index is -1.46. The topological polar surface area (TPSA) is 122 Å². The van der Waals surface area contributed by atoms with Gasteiger partial charge in [-0.05, 0) is 50.7 Å². The molecule has 1 aromatic carbocycles. The van der Waals surface area contributed by atoms with Gasteiger partial charge < -0.3 is 25.7 Å². The molecule has 4 atom stereocenters. The van der Waals surface area contributed by atoms with E-state index < -0.39 is 30.6 Å². The zero-order valence-corrected chi connectivity index (χ0v) is 20.8.